The third-order valence-electron chi connectivity index (χ3n) is 12.0. The Hall–Kier alpha value is -1.12. The fourth-order valence-corrected chi connectivity index (χ4v) is 9.75. The van der Waals surface area contributed by atoms with E-state index in [2.05, 4.69) is 55.4 Å². The first-order chi connectivity index (χ1) is 16.2. The second-order valence-corrected chi connectivity index (χ2v) is 14.6. The van der Waals surface area contributed by atoms with Crippen LogP contribution in [0.3, 0.4) is 0 Å². The van der Waals surface area contributed by atoms with E-state index < -0.39 is 0 Å². The van der Waals surface area contributed by atoms with Crippen molar-refractivity contribution in [3.05, 3.63) is 11.1 Å². The molecule has 7 atom stereocenters. The van der Waals surface area contributed by atoms with Gasteiger partial charge in [0.25, 0.3) is 0 Å². The van der Waals surface area contributed by atoms with E-state index in [-0.39, 0.29) is 39.7 Å². The van der Waals surface area contributed by atoms with Crippen molar-refractivity contribution in [2.24, 2.45) is 45.3 Å². The number of allylic oxidation sites excluding steroid dienone is 2. The van der Waals surface area contributed by atoms with Gasteiger partial charge in [-0.1, -0.05) is 80.2 Å². The summed E-state index contributed by atoms with van der Waals surface area (Å²) in [5.41, 5.74) is 2.78. The van der Waals surface area contributed by atoms with Crippen LogP contribution in [0.25, 0.3) is 0 Å². The first kappa shape index (κ1) is 26.9. The van der Waals surface area contributed by atoms with Crippen molar-refractivity contribution in [1.29, 1.82) is 0 Å². The van der Waals surface area contributed by atoms with Gasteiger partial charge in [-0.15, -0.1) is 0 Å². The molecule has 0 spiro atoms. The molecule has 0 heterocycles. The lowest BCUT2D eigenvalue weighted by atomic mass is 9.43. The topological polar surface area (TPSA) is 43.4 Å². The van der Waals surface area contributed by atoms with Crippen LogP contribution in [0, 0.1) is 45.3 Å². The molecular weight excluding hydrogens is 432 g/mol. The lowest BCUT2D eigenvalue weighted by Gasteiger charge is -2.61. The van der Waals surface area contributed by atoms with Crippen LogP contribution in [-0.4, -0.2) is 17.9 Å². The van der Waals surface area contributed by atoms with E-state index in [1.54, 1.807) is 0 Å². The third-order valence-corrected chi connectivity index (χ3v) is 12.0. The highest BCUT2D eigenvalue weighted by atomic mass is 16.5. The van der Waals surface area contributed by atoms with E-state index in [0.29, 0.717) is 18.1 Å². The Morgan fingerprint density at radius 1 is 1.00 bits per heavy atom. The second-order valence-electron chi connectivity index (χ2n) is 14.6. The summed E-state index contributed by atoms with van der Waals surface area (Å²) in [4.78, 5) is 25.9. The largest absolute Gasteiger partial charge is 0.462 e. The first-order valence-corrected chi connectivity index (χ1v) is 14.6. The summed E-state index contributed by atoms with van der Waals surface area (Å²) in [5, 5.41) is 0. The number of carbonyl (C=O) groups is 2. The molecule has 2 saturated carbocycles. The molecule has 0 aromatic heterocycles. The van der Waals surface area contributed by atoms with Crippen LogP contribution < -0.4 is 0 Å². The lowest BCUT2D eigenvalue weighted by molar-refractivity contribution is -0.168. The number of carbonyl (C=O) groups excluding carboxylic acids is 2. The Bertz CT molecular complexity index is 896. The molecule has 2 fully saturated rings. The number of ether oxygens (including phenoxy) is 1. The van der Waals surface area contributed by atoms with E-state index in [4.69, 9.17) is 4.74 Å². The van der Waals surface area contributed by atoms with E-state index in [1.807, 2.05) is 0 Å². The highest BCUT2D eigenvalue weighted by molar-refractivity contribution is 5.99. The number of esters is 1. The molecule has 0 aromatic carbocycles. The molecule has 0 unspecified atom stereocenters. The number of hydrogen-bond acceptors (Lipinski definition) is 3. The average molecular weight is 485 g/mol. The van der Waals surface area contributed by atoms with Gasteiger partial charge in [-0.05, 0) is 73.0 Å². The molecule has 0 bridgehead atoms. The van der Waals surface area contributed by atoms with Gasteiger partial charge in [0, 0.05) is 29.7 Å². The Balaban J connectivity index is 1.66. The van der Waals surface area contributed by atoms with Crippen LogP contribution in [0.2, 0.25) is 0 Å². The van der Waals surface area contributed by atoms with Crippen molar-refractivity contribution in [2.75, 3.05) is 0 Å². The number of ketones is 1. The minimum absolute atomic E-state index is 0.000499. The second kappa shape index (κ2) is 9.02. The molecule has 4 aliphatic carbocycles. The predicted molar refractivity (Wildman–Crippen MR) is 143 cm³/mol. The maximum atomic E-state index is 14.1. The number of Topliss-reactive ketones (excluding diaryl/α,β-unsaturated/α-hetero) is 1. The molecule has 35 heavy (non-hydrogen) atoms. The van der Waals surface area contributed by atoms with Crippen molar-refractivity contribution >= 4 is 11.8 Å². The van der Waals surface area contributed by atoms with Crippen LogP contribution in [-0.2, 0) is 14.3 Å². The number of fused-ring (bicyclic) bond motifs is 4. The Kier molecular flexibility index (Phi) is 6.94. The van der Waals surface area contributed by atoms with E-state index in [1.165, 1.54) is 50.2 Å². The van der Waals surface area contributed by atoms with E-state index in [0.717, 1.165) is 37.5 Å². The summed E-state index contributed by atoms with van der Waals surface area (Å²) in [6.45, 7) is 20.6. The van der Waals surface area contributed by atoms with Crippen LogP contribution in [0.15, 0.2) is 11.1 Å². The molecule has 0 saturated heterocycles. The molecule has 4 aliphatic rings. The monoisotopic (exact) mass is 484 g/mol. The molecule has 0 amide bonds. The fraction of sp³-hybridized carbons (Fsp3) is 0.875. The number of hydrogen-bond donors (Lipinski definition) is 0. The summed E-state index contributed by atoms with van der Waals surface area (Å²) < 4.78 is 5.80. The van der Waals surface area contributed by atoms with Crippen LogP contribution in [0.1, 0.15) is 127 Å². The summed E-state index contributed by atoms with van der Waals surface area (Å²) in [6, 6.07) is 0. The van der Waals surface area contributed by atoms with Crippen molar-refractivity contribution in [1.82, 2.24) is 0 Å². The Morgan fingerprint density at radius 2 is 1.69 bits per heavy atom. The van der Waals surface area contributed by atoms with Gasteiger partial charge in [-0.25, -0.2) is 0 Å². The van der Waals surface area contributed by atoms with Gasteiger partial charge in [0.05, 0.1) is 0 Å². The summed E-state index contributed by atoms with van der Waals surface area (Å²) in [6.07, 6.45) is 11.1. The maximum absolute atomic E-state index is 14.1. The zero-order valence-electron chi connectivity index (χ0n) is 24.2. The summed E-state index contributed by atoms with van der Waals surface area (Å²) >= 11 is 0. The smallest absolute Gasteiger partial charge is 0.302 e. The van der Waals surface area contributed by atoms with Gasteiger partial charge in [-0.3, -0.25) is 9.59 Å². The van der Waals surface area contributed by atoms with E-state index >= 15 is 0 Å². The van der Waals surface area contributed by atoms with Crippen LogP contribution >= 0.6 is 0 Å². The van der Waals surface area contributed by atoms with Crippen molar-refractivity contribution in [2.45, 2.75) is 133 Å². The lowest BCUT2D eigenvalue weighted by Crippen LogP contribution is -2.57. The quantitative estimate of drug-likeness (QED) is 0.356. The summed E-state index contributed by atoms with van der Waals surface area (Å²) in [7, 11) is 0. The molecule has 0 N–H and O–H groups in total. The Labute approximate surface area is 215 Å². The predicted octanol–water partition coefficient (Wildman–Crippen LogP) is 8.31. The zero-order valence-corrected chi connectivity index (χ0v) is 24.2. The minimum atomic E-state index is -0.200. The number of rotatable bonds is 6. The highest BCUT2D eigenvalue weighted by Crippen LogP contribution is 2.72. The highest BCUT2D eigenvalue weighted by Gasteiger charge is 2.65. The van der Waals surface area contributed by atoms with Gasteiger partial charge in [0.15, 0.2) is 5.78 Å². The molecule has 3 heteroatoms. The standard InChI is InChI=1S/C32H52O3/c1-20(2)11-10-12-21(3)23-13-18-32(9)28-24(14-17-31(23,32)8)30(7)16-15-27(35-22(4)33)29(5,6)26(30)19-25(28)34/h20-21,23,26-27H,10-19H2,1-9H3/t21-,23-,26+,27+,30-,31-,32+/m1/s1. The first-order valence-electron chi connectivity index (χ1n) is 14.6. The van der Waals surface area contributed by atoms with Crippen molar-refractivity contribution < 1.29 is 14.3 Å². The third kappa shape index (κ3) is 4.06. The molecule has 0 radical (unpaired) electrons. The molecule has 0 aliphatic heterocycles. The molecule has 198 valence electrons. The zero-order chi connectivity index (χ0) is 26.0. The summed E-state index contributed by atoms with van der Waals surface area (Å²) in [5.74, 6) is 2.66. The molecule has 4 rings (SSSR count). The molecule has 3 nitrogen and oxygen atoms in total. The van der Waals surface area contributed by atoms with Gasteiger partial charge in [0.2, 0.25) is 0 Å². The van der Waals surface area contributed by atoms with Crippen LogP contribution in [0.5, 0.6) is 0 Å². The normalized spacial score (nSPS) is 41.3. The van der Waals surface area contributed by atoms with Crippen molar-refractivity contribution in [3.8, 4) is 0 Å². The SMILES string of the molecule is CC(=O)O[C@H]1CC[C@]2(C)C3=C(C(=O)C[C@H]2C1(C)C)[C@]1(C)CC[C@H]([C@H](C)CCCC(C)C)[C@@]1(C)CC3. The maximum Gasteiger partial charge on any atom is 0.302 e. The Morgan fingerprint density at radius 3 is 2.31 bits per heavy atom. The van der Waals surface area contributed by atoms with Gasteiger partial charge < -0.3 is 4.74 Å². The van der Waals surface area contributed by atoms with Crippen LogP contribution in [0.4, 0.5) is 0 Å². The van der Waals surface area contributed by atoms with Crippen molar-refractivity contribution in [3.63, 3.8) is 0 Å². The van der Waals surface area contributed by atoms with Gasteiger partial charge in [0.1, 0.15) is 6.10 Å². The minimum Gasteiger partial charge on any atom is -0.462 e. The average Bonchev–Trinajstić information content (AvgIpc) is 3.02. The fourth-order valence-electron chi connectivity index (χ4n) is 9.75. The molecular formula is C32H52O3. The molecule has 0 aromatic rings. The van der Waals surface area contributed by atoms with Gasteiger partial charge in [-0.2, -0.15) is 0 Å². The van der Waals surface area contributed by atoms with Gasteiger partial charge >= 0.3 is 5.97 Å². The van der Waals surface area contributed by atoms with E-state index in [9.17, 15) is 9.59 Å².